The number of carbonyl (C=O) groups excluding carboxylic acids is 1. The van der Waals surface area contributed by atoms with Gasteiger partial charge in [0.15, 0.2) is 0 Å². The number of ether oxygens (including phenoxy) is 1. The van der Waals surface area contributed by atoms with Crippen LogP contribution in [0.1, 0.15) is 46.3 Å². The zero-order chi connectivity index (χ0) is 23.1. The number of nitrogens with zero attached hydrogens (tertiary/aromatic N) is 2. The SMILES string of the molecule is O=C(NCc1ccc(CN2CCCCC2)cc1)c1ccc(CS(=O)(=O)N2CCOCC2)cc1. The number of rotatable bonds is 8. The van der Waals surface area contributed by atoms with Crippen molar-refractivity contribution in [2.24, 2.45) is 0 Å². The van der Waals surface area contributed by atoms with Gasteiger partial charge in [-0.3, -0.25) is 9.69 Å². The molecule has 0 saturated carbocycles. The van der Waals surface area contributed by atoms with E-state index in [2.05, 4.69) is 34.5 Å². The molecule has 1 N–H and O–H groups in total. The Morgan fingerprint density at radius 3 is 2.09 bits per heavy atom. The normalized spacial score (nSPS) is 18.2. The molecule has 2 aromatic rings. The van der Waals surface area contributed by atoms with E-state index in [0.717, 1.165) is 12.1 Å². The summed E-state index contributed by atoms with van der Waals surface area (Å²) in [7, 11) is -3.38. The highest BCUT2D eigenvalue weighted by atomic mass is 32.2. The van der Waals surface area contributed by atoms with Gasteiger partial charge in [-0.1, -0.05) is 42.8 Å². The molecule has 2 heterocycles. The number of hydrogen-bond donors (Lipinski definition) is 1. The summed E-state index contributed by atoms with van der Waals surface area (Å²) in [5, 5.41) is 2.95. The van der Waals surface area contributed by atoms with Crippen molar-refractivity contribution >= 4 is 15.9 Å². The number of hydrogen-bond acceptors (Lipinski definition) is 5. The maximum atomic E-state index is 12.6. The fraction of sp³-hybridized carbons (Fsp3) is 0.480. The number of sulfonamides is 1. The first kappa shape index (κ1) is 23.9. The Kier molecular flexibility index (Phi) is 8.14. The monoisotopic (exact) mass is 471 g/mol. The third kappa shape index (κ3) is 6.86. The summed E-state index contributed by atoms with van der Waals surface area (Å²) >= 11 is 0. The molecule has 0 aliphatic carbocycles. The average molecular weight is 472 g/mol. The van der Waals surface area contributed by atoms with E-state index in [4.69, 9.17) is 4.74 Å². The second-order valence-corrected chi connectivity index (χ2v) is 10.8. The first-order chi connectivity index (χ1) is 16.0. The Labute approximate surface area is 196 Å². The number of morpholine rings is 1. The molecule has 0 unspecified atom stereocenters. The maximum absolute atomic E-state index is 12.6. The van der Waals surface area contributed by atoms with Gasteiger partial charge in [0, 0.05) is 31.7 Å². The van der Waals surface area contributed by atoms with Gasteiger partial charge in [-0.05, 0) is 54.8 Å². The number of carbonyl (C=O) groups is 1. The van der Waals surface area contributed by atoms with Gasteiger partial charge in [0.2, 0.25) is 10.0 Å². The first-order valence-corrected chi connectivity index (χ1v) is 13.3. The molecule has 2 fully saturated rings. The Hall–Kier alpha value is -2.26. The van der Waals surface area contributed by atoms with Crippen LogP contribution in [0, 0.1) is 0 Å². The highest BCUT2D eigenvalue weighted by Crippen LogP contribution is 2.15. The van der Waals surface area contributed by atoms with Crippen molar-refractivity contribution in [3.05, 3.63) is 70.8 Å². The van der Waals surface area contributed by atoms with Gasteiger partial charge in [-0.2, -0.15) is 4.31 Å². The molecular formula is C25H33N3O4S. The van der Waals surface area contributed by atoms with E-state index in [0.29, 0.717) is 44.0 Å². The number of likely N-dealkylation sites (tertiary alicyclic amines) is 1. The summed E-state index contributed by atoms with van der Waals surface area (Å²) in [4.78, 5) is 15.0. The standard InChI is InChI=1S/C25H33N3O4S/c29-25(26-18-21-4-6-22(7-5-21)19-27-12-2-1-3-13-27)24-10-8-23(9-11-24)20-33(30,31)28-14-16-32-17-15-28/h4-11H,1-3,12-20H2,(H,26,29). The summed E-state index contributed by atoms with van der Waals surface area (Å²) in [6.45, 7) is 5.44. The lowest BCUT2D eigenvalue weighted by Gasteiger charge is -2.26. The van der Waals surface area contributed by atoms with Gasteiger partial charge in [0.05, 0.1) is 19.0 Å². The van der Waals surface area contributed by atoms with Gasteiger partial charge in [0.1, 0.15) is 0 Å². The molecule has 4 rings (SSSR count). The van der Waals surface area contributed by atoms with Crippen LogP contribution in [0.4, 0.5) is 0 Å². The van der Waals surface area contributed by atoms with Crippen LogP contribution in [-0.4, -0.2) is 62.9 Å². The number of nitrogens with one attached hydrogen (secondary N) is 1. The second-order valence-electron chi connectivity index (χ2n) is 8.80. The molecule has 2 aliphatic rings. The average Bonchev–Trinajstić information content (AvgIpc) is 2.85. The number of piperidine rings is 1. The summed E-state index contributed by atoms with van der Waals surface area (Å²) < 4.78 is 31.8. The molecule has 2 saturated heterocycles. The third-order valence-electron chi connectivity index (χ3n) is 6.26. The molecule has 0 atom stereocenters. The topological polar surface area (TPSA) is 79.0 Å². The maximum Gasteiger partial charge on any atom is 0.251 e. The van der Waals surface area contributed by atoms with Crippen LogP contribution in [0.15, 0.2) is 48.5 Å². The van der Waals surface area contributed by atoms with Crippen molar-refractivity contribution in [3.63, 3.8) is 0 Å². The lowest BCUT2D eigenvalue weighted by molar-refractivity contribution is 0.0729. The van der Waals surface area contributed by atoms with E-state index >= 15 is 0 Å². The van der Waals surface area contributed by atoms with Crippen molar-refractivity contribution in [2.75, 3.05) is 39.4 Å². The zero-order valence-corrected chi connectivity index (χ0v) is 19.9. The number of benzene rings is 2. The summed E-state index contributed by atoms with van der Waals surface area (Å²) in [5.74, 6) is -0.242. The highest BCUT2D eigenvalue weighted by molar-refractivity contribution is 7.88. The van der Waals surface area contributed by atoms with Crippen LogP contribution in [-0.2, 0) is 33.6 Å². The van der Waals surface area contributed by atoms with Gasteiger partial charge >= 0.3 is 0 Å². The largest absolute Gasteiger partial charge is 0.379 e. The lowest BCUT2D eigenvalue weighted by Crippen LogP contribution is -2.41. The molecule has 7 nitrogen and oxygen atoms in total. The summed E-state index contributed by atoms with van der Waals surface area (Å²) in [6, 6.07) is 15.2. The van der Waals surface area contributed by atoms with Crippen LogP contribution < -0.4 is 5.32 Å². The Balaban J connectivity index is 1.26. The van der Waals surface area contributed by atoms with Crippen molar-refractivity contribution < 1.29 is 17.9 Å². The fourth-order valence-corrected chi connectivity index (χ4v) is 5.80. The predicted octanol–water partition coefficient (Wildman–Crippen LogP) is 2.76. The zero-order valence-electron chi connectivity index (χ0n) is 19.0. The quantitative estimate of drug-likeness (QED) is 0.641. The van der Waals surface area contributed by atoms with Crippen LogP contribution in [0.2, 0.25) is 0 Å². The molecule has 0 spiro atoms. The number of amides is 1. The molecule has 0 bridgehead atoms. The second kappa shape index (κ2) is 11.2. The van der Waals surface area contributed by atoms with Gasteiger partial charge < -0.3 is 10.1 Å². The van der Waals surface area contributed by atoms with Crippen LogP contribution in [0.3, 0.4) is 0 Å². The molecule has 0 aromatic heterocycles. The van der Waals surface area contributed by atoms with E-state index < -0.39 is 10.0 Å². The van der Waals surface area contributed by atoms with Crippen LogP contribution in [0.5, 0.6) is 0 Å². The Morgan fingerprint density at radius 2 is 1.42 bits per heavy atom. The molecule has 33 heavy (non-hydrogen) atoms. The van der Waals surface area contributed by atoms with Crippen molar-refractivity contribution in [1.82, 2.24) is 14.5 Å². The smallest absolute Gasteiger partial charge is 0.251 e. The van der Waals surface area contributed by atoms with E-state index in [1.807, 2.05) is 0 Å². The minimum Gasteiger partial charge on any atom is -0.379 e. The molecule has 8 heteroatoms. The molecular weight excluding hydrogens is 438 g/mol. The fourth-order valence-electron chi connectivity index (χ4n) is 4.30. The summed E-state index contributed by atoms with van der Waals surface area (Å²) in [5.41, 5.74) is 3.54. The minimum absolute atomic E-state index is 0.0708. The molecule has 2 aromatic carbocycles. The van der Waals surface area contributed by atoms with Crippen LogP contribution in [0.25, 0.3) is 0 Å². The van der Waals surface area contributed by atoms with Gasteiger partial charge in [0.25, 0.3) is 5.91 Å². The van der Waals surface area contributed by atoms with E-state index in [9.17, 15) is 13.2 Å². The first-order valence-electron chi connectivity index (χ1n) is 11.7. The van der Waals surface area contributed by atoms with Gasteiger partial charge in [-0.15, -0.1) is 0 Å². The summed E-state index contributed by atoms with van der Waals surface area (Å²) in [6.07, 6.45) is 3.91. The predicted molar refractivity (Wildman–Crippen MR) is 128 cm³/mol. The van der Waals surface area contributed by atoms with Gasteiger partial charge in [-0.25, -0.2) is 8.42 Å². The van der Waals surface area contributed by atoms with Crippen molar-refractivity contribution in [1.29, 1.82) is 0 Å². The third-order valence-corrected chi connectivity index (χ3v) is 8.11. The van der Waals surface area contributed by atoms with Crippen molar-refractivity contribution in [2.45, 2.75) is 38.1 Å². The minimum atomic E-state index is -3.38. The molecule has 0 radical (unpaired) electrons. The molecule has 1 amide bonds. The Bertz CT molecular complexity index is 1010. The van der Waals surface area contributed by atoms with E-state index in [1.54, 1.807) is 24.3 Å². The Morgan fingerprint density at radius 1 is 0.818 bits per heavy atom. The van der Waals surface area contributed by atoms with E-state index in [1.165, 1.54) is 42.2 Å². The van der Waals surface area contributed by atoms with E-state index in [-0.39, 0.29) is 11.7 Å². The van der Waals surface area contributed by atoms with Crippen LogP contribution >= 0.6 is 0 Å². The molecule has 2 aliphatic heterocycles. The van der Waals surface area contributed by atoms with Crippen molar-refractivity contribution in [3.8, 4) is 0 Å². The highest BCUT2D eigenvalue weighted by Gasteiger charge is 2.24. The lowest BCUT2D eigenvalue weighted by atomic mass is 10.1. The molecule has 178 valence electrons.